The van der Waals surface area contributed by atoms with Crippen LogP contribution in [-0.2, 0) is 6.42 Å². The summed E-state index contributed by atoms with van der Waals surface area (Å²) in [4.78, 5) is 4.59. The molecule has 4 heteroatoms. The lowest BCUT2D eigenvalue weighted by atomic mass is 9.94. The van der Waals surface area contributed by atoms with E-state index in [4.69, 9.17) is 5.73 Å². The second-order valence-electron chi connectivity index (χ2n) is 6.48. The minimum Gasteiger partial charge on any atom is -0.325 e. The summed E-state index contributed by atoms with van der Waals surface area (Å²) in [5.74, 6) is 0.762. The molecule has 2 fully saturated rings. The topological polar surface area (TPSA) is 43.8 Å². The zero-order chi connectivity index (χ0) is 13.7. The lowest BCUT2D eigenvalue weighted by molar-refractivity contribution is 0.418. The maximum atomic E-state index is 14.0. The van der Waals surface area contributed by atoms with Gasteiger partial charge in [-0.2, -0.15) is 0 Å². The van der Waals surface area contributed by atoms with Gasteiger partial charge >= 0.3 is 0 Å². The van der Waals surface area contributed by atoms with E-state index in [2.05, 4.69) is 9.55 Å². The minimum absolute atomic E-state index is 0.134. The Morgan fingerprint density at radius 2 is 2.05 bits per heavy atom. The van der Waals surface area contributed by atoms with Crippen molar-refractivity contribution in [1.82, 2.24) is 9.55 Å². The molecule has 0 bridgehead atoms. The van der Waals surface area contributed by atoms with Crippen LogP contribution in [-0.4, -0.2) is 15.1 Å². The third-order valence-corrected chi connectivity index (χ3v) is 4.77. The summed E-state index contributed by atoms with van der Waals surface area (Å²) in [7, 11) is 0. The molecule has 1 heterocycles. The molecule has 0 spiro atoms. The largest absolute Gasteiger partial charge is 0.325 e. The van der Waals surface area contributed by atoms with Crippen molar-refractivity contribution in [2.45, 2.75) is 56.5 Å². The van der Waals surface area contributed by atoms with E-state index in [9.17, 15) is 4.39 Å². The molecular formula is C16H20FN3. The standard InChI is InChI=1S/C16H20FN3/c17-12-4-3-5-13-15(12)19-14(20(13)11-6-7-11)10-16(18)8-1-2-9-16/h3-5,11H,1-2,6-10,18H2. The molecule has 0 saturated heterocycles. The van der Waals surface area contributed by atoms with Gasteiger partial charge in [-0.3, -0.25) is 0 Å². The van der Waals surface area contributed by atoms with Crippen molar-refractivity contribution in [3.8, 4) is 0 Å². The Hall–Kier alpha value is -1.42. The second kappa shape index (κ2) is 4.29. The Labute approximate surface area is 118 Å². The smallest absolute Gasteiger partial charge is 0.151 e. The van der Waals surface area contributed by atoms with Gasteiger partial charge in [-0.25, -0.2) is 9.37 Å². The summed E-state index contributed by atoms with van der Waals surface area (Å²) in [6.45, 7) is 0. The van der Waals surface area contributed by atoms with E-state index in [1.165, 1.54) is 31.7 Å². The van der Waals surface area contributed by atoms with Gasteiger partial charge in [0.25, 0.3) is 0 Å². The number of fused-ring (bicyclic) bond motifs is 1. The highest BCUT2D eigenvalue weighted by molar-refractivity contribution is 5.77. The first-order valence-electron chi connectivity index (χ1n) is 7.61. The molecule has 1 aromatic heterocycles. The van der Waals surface area contributed by atoms with Crippen LogP contribution in [0.5, 0.6) is 0 Å². The number of halogens is 1. The zero-order valence-corrected chi connectivity index (χ0v) is 11.6. The molecule has 20 heavy (non-hydrogen) atoms. The molecule has 1 aromatic carbocycles. The van der Waals surface area contributed by atoms with Crippen molar-refractivity contribution in [3.63, 3.8) is 0 Å². The Morgan fingerprint density at radius 3 is 2.75 bits per heavy atom. The van der Waals surface area contributed by atoms with Gasteiger partial charge in [-0.15, -0.1) is 0 Å². The average molecular weight is 273 g/mol. The summed E-state index contributed by atoms with van der Waals surface area (Å²) < 4.78 is 16.2. The number of para-hydroxylation sites is 1. The molecule has 0 radical (unpaired) electrons. The lowest BCUT2D eigenvalue weighted by Crippen LogP contribution is -2.39. The Kier molecular flexibility index (Phi) is 2.64. The second-order valence-corrected chi connectivity index (χ2v) is 6.48. The molecule has 3 nitrogen and oxygen atoms in total. The van der Waals surface area contributed by atoms with Gasteiger partial charge < -0.3 is 10.3 Å². The fraction of sp³-hybridized carbons (Fsp3) is 0.562. The van der Waals surface area contributed by atoms with E-state index in [1.807, 2.05) is 6.07 Å². The van der Waals surface area contributed by atoms with Gasteiger partial charge in [0.05, 0.1) is 5.52 Å². The maximum absolute atomic E-state index is 14.0. The van der Waals surface area contributed by atoms with E-state index in [-0.39, 0.29) is 11.4 Å². The van der Waals surface area contributed by atoms with Gasteiger partial charge in [-0.05, 0) is 37.8 Å². The van der Waals surface area contributed by atoms with E-state index in [0.717, 1.165) is 30.6 Å². The first kappa shape index (κ1) is 12.3. The van der Waals surface area contributed by atoms with Gasteiger partial charge in [-0.1, -0.05) is 18.9 Å². The van der Waals surface area contributed by atoms with Gasteiger partial charge in [0.1, 0.15) is 11.3 Å². The molecule has 0 unspecified atom stereocenters. The average Bonchev–Trinajstić information content (AvgIpc) is 3.05. The fourth-order valence-corrected chi connectivity index (χ4v) is 3.57. The van der Waals surface area contributed by atoms with Crippen molar-refractivity contribution in [1.29, 1.82) is 0 Å². The van der Waals surface area contributed by atoms with Gasteiger partial charge in [0.15, 0.2) is 5.82 Å². The number of hydrogen-bond donors (Lipinski definition) is 1. The van der Waals surface area contributed by atoms with Crippen LogP contribution in [0.15, 0.2) is 18.2 Å². The molecule has 2 aliphatic carbocycles. The van der Waals surface area contributed by atoms with Crippen LogP contribution >= 0.6 is 0 Å². The molecule has 4 rings (SSSR count). The summed E-state index contributed by atoms with van der Waals surface area (Å²) in [6, 6.07) is 5.74. The highest BCUT2D eigenvalue weighted by Crippen LogP contribution is 2.40. The molecule has 2 N–H and O–H groups in total. The first-order chi connectivity index (χ1) is 9.66. The van der Waals surface area contributed by atoms with E-state index < -0.39 is 0 Å². The number of rotatable bonds is 3. The van der Waals surface area contributed by atoms with Crippen LogP contribution in [0.25, 0.3) is 11.0 Å². The van der Waals surface area contributed by atoms with Crippen LogP contribution in [0.2, 0.25) is 0 Å². The number of aromatic nitrogens is 2. The summed E-state index contributed by atoms with van der Waals surface area (Å²) in [6.07, 6.45) is 7.65. The monoisotopic (exact) mass is 273 g/mol. The van der Waals surface area contributed by atoms with E-state index >= 15 is 0 Å². The third kappa shape index (κ3) is 1.94. The molecule has 0 atom stereocenters. The predicted molar refractivity (Wildman–Crippen MR) is 77.1 cm³/mol. The molecular weight excluding hydrogens is 253 g/mol. The molecule has 2 aromatic rings. The normalized spacial score (nSPS) is 21.7. The van der Waals surface area contributed by atoms with Crippen molar-refractivity contribution in [2.24, 2.45) is 5.73 Å². The number of benzene rings is 1. The Balaban J connectivity index is 1.81. The van der Waals surface area contributed by atoms with E-state index in [1.54, 1.807) is 6.07 Å². The van der Waals surface area contributed by atoms with Crippen molar-refractivity contribution < 1.29 is 4.39 Å². The van der Waals surface area contributed by atoms with Crippen molar-refractivity contribution in [2.75, 3.05) is 0 Å². The molecule has 106 valence electrons. The summed E-state index contributed by atoms with van der Waals surface area (Å²) >= 11 is 0. The highest BCUT2D eigenvalue weighted by atomic mass is 19.1. The number of nitrogens with zero attached hydrogens (tertiary/aromatic N) is 2. The molecule has 0 amide bonds. The predicted octanol–water partition coefficient (Wildman–Crippen LogP) is 3.32. The van der Waals surface area contributed by atoms with E-state index in [0.29, 0.717) is 11.6 Å². The highest BCUT2D eigenvalue weighted by Gasteiger charge is 2.35. The van der Waals surface area contributed by atoms with Crippen molar-refractivity contribution in [3.05, 3.63) is 29.8 Å². The van der Waals surface area contributed by atoms with Gasteiger partial charge in [0.2, 0.25) is 0 Å². The Bertz CT molecular complexity index is 651. The molecule has 0 aliphatic heterocycles. The number of hydrogen-bond acceptors (Lipinski definition) is 2. The zero-order valence-electron chi connectivity index (χ0n) is 11.6. The summed E-state index contributed by atoms with van der Waals surface area (Å²) in [5.41, 5.74) is 7.80. The minimum atomic E-state index is -0.222. The number of nitrogens with two attached hydrogens (primary N) is 1. The van der Waals surface area contributed by atoms with Crippen LogP contribution < -0.4 is 5.73 Å². The SMILES string of the molecule is NC1(Cc2nc3c(F)cccc3n2C2CC2)CCCC1. The first-order valence-corrected chi connectivity index (χ1v) is 7.61. The van der Waals surface area contributed by atoms with Crippen molar-refractivity contribution >= 4 is 11.0 Å². The van der Waals surface area contributed by atoms with Crippen LogP contribution in [0.3, 0.4) is 0 Å². The summed E-state index contributed by atoms with van der Waals surface area (Å²) in [5, 5.41) is 0. The fourth-order valence-electron chi connectivity index (χ4n) is 3.57. The van der Waals surface area contributed by atoms with Crippen LogP contribution in [0, 0.1) is 5.82 Å². The van der Waals surface area contributed by atoms with Crippen LogP contribution in [0.4, 0.5) is 4.39 Å². The third-order valence-electron chi connectivity index (χ3n) is 4.77. The quantitative estimate of drug-likeness (QED) is 0.932. The molecule has 2 aliphatic rings. The lowest BCUT2D eigenvalue weighted by Gasteiger charge is -2.23. The maximum Gasteiger partial charge on any atom is 0.151 e. The van der Waals surface area contributed by atoms with Gasteiger partial charge in [0, 0.05) is 18.0 Å². The number of imidazole rings is 1. The molecule has 2 saturated carbocycles. The Morgan fingerprint density at radius 1 is 1.30 bits per heavy atom. The van der Waals surface area contributed by atoms with Crippen LogP contribution in [0.1, 0.15) is 50.4 Å².